The van der Waals surface area contributed by atoms with Gasteiger partial charge in [-0.3, -0.25) is 4.79 Å². The highest BCUT2D eigenvalue weighted by Crippen LogP contribution is 2.35. The van der Waals surface area contributed by atoms with Crippen molar-refractivity contribution in [1.82, 2.24) is 0 Å². The highest BCUT2D eigenvalue weighted by molar-refractivity contribution is 6.35. The first kappa shape index (κ1) is 21.5. The summed E-state index contributed by atoms with van der Waals surface area (Å²) in [5.41, 5.74) is 0.310. The van der Waals surface area contributed by atoms with E-state index in [-0.39, 0.29) is 5.69 Å². The van der Waals surface area contributed by atoms with Gasteiger partial charge in [-0.2, -0.15) is 13.2 Å². The van der Waals surface area contributed by atoms with E-state index < -0.39 is 17.6 Å². The molecule has 1 amide bonds. The van der Waals surface area contributed by atoms with Crippen LogP contribution in [0.4, 0.5) is 24.5 Å². The molecule has 0 radical (unpaired) electrons. The van der Waals surface area contributed by atoms with Crippen LogP contribution in [0.3, 0.4) is 0 Å². The summed E-state index contributed by atoms with van der Waals surface area (Å²) in [5.74, 6) is -0.579. The third-order valence-corrected chi connectivity index (χ3v) is 4.87. The van der Waals surface area contributed by atoms with Crippen LogP contribution in [-0.2, 0) is 15.7 Å². The lowest BCUT2D eigenvalue weighted by Gasteiger charge is -2.30. The van der Waals surface area contributed by atoms with Gasteiger partial charge in [-0.05, 0) is 42.0 Å². The van der Waals surface area contributed by atoms with Gasteiger partial charge in [-0.25, -0.2) is 0 Å². The number of nitrogens with one attached hydrogen (secondary N) is 1. The number of rotatable bonds is 4. The molecule has 1 aliphatic rings. The Morgan fingerprint density at radius 3 is 2.48 bits per heavy atom. The Hall–Kier alpha value is -2.22. The van der Waals surface area contributed by atoms with Gasteiger partial charge in [0.1, 0.15) is 0 Å². The van der Waals surface area contributed by atoms with E-state index >= 15 is 0 Å². The predicted molar refractivity (Wildman–Crippen MR) is 109 cm³/mol. The van der Waals surface area contributed by atoms with Gasteiger partial charge in [0.25, 0.3) is 0 Å². The fourth-order valence-corrected chi connectivity index (χ4v) is 3.34. The SMILES string of the molecule is O=C(C=Cc1ccc(Cl)cc1Cl)Nc1cc(C(F)(F)F)ccc1N1CCOCC1. The Morgan fingerprint density at radius 2 is 1.83 bits per heavy atom. The minimum absolute atomic E-state index is 0.0820. The van der Waals surface area contributed by atoms with Crippen molar-refractivity contribution in [2.24, 2.45) is 0 Å². The summed E-state index contributed by atoms with van der Waals surface area (Å²) in [4.78, 5) is 14.2. The molecule has 3 rings (SSSR count). The van der Waals surface area contributed by atoms with E-state index in [9.17, 15) is 18.0 Å². The number of halogens is 5. The molecule has 2 aromatic rings. The molecular weight excluding hydrogens is 428 g/mol. The van der Waals surface area contributed by atoms with Gasteiger partial charge in [0, 0.05) is 29.2 Å². The number of hydrogen-bond acceptors (Lipinski definition) is 3. The first-order valence-corrected chi connectivity index (χ1v) is 9.48. The fraction of sp³-hybridized carbons (Fsp3) is 0.250. The van der Waals surface area contributed by atoms with Crippen LogP contribution in [0, 0.1) is 0 Å². The Kier molecular flexibility index (Phi) is 6.72. The molecule has 0 aromatic heterocycles. The number of anilines is 2. The van der Waals surface area contributed by atoms with Crippen molar-refractivity contribution >= 4 is 46.6 Å². The van der Waals surface area contributed by atoms with Gasteiger partial charge in [0.15, 0.2) is 0 Å². The van der Waals surface area contributed by atoms with Crippen molar-refractivity contribution in [3.8, 4) is 0 Å². The Balaban J connectivity index is 1.84. The maximum atomic E-state index is 13.1. The zero-order valence-corrected chi connectivity index (χ0v) is 16.6. The monoisotopic (exact) mass is 444 g/mol. The van der Waals surface area contributed by atoms with Gasteiger partial charge < -0.3 is 15.0 Å². The van der Waals surface area contributed by atoms with Crippen molar-refractivity contribution in [3.05, 3.63) is 63.6 Å². The van der Waals surface area contributed by atoms with E-state index in [4.69, 9.17) is 27.9 Å². The average Bonchev–Trinajstić information content (AvgIpc) is 2.67. The molecule has 0 saturated carbocycles. The summed E-state index contributed by atoms with van der Waals surface area (Å²) >= 11 is 11.9. The second-order valence-corrected chi connectivity index (χ2v) is 7.16. The smallest absolute Gasteiger partial charge is 0.378 e. The molecule has 1 N–H and O–H groups in total. The fourth-order valence-electron chi connectivity index (χ4n) is 2.87. The number of morpholine rings is 1. The summed E-state index contributed by atoms with van der Waals surface area (Å²) in [6, 6.07) is 8.09. The summed E-state index contributed by atoms with van der Waals surface area (Å²) in [6.07, 6.45) is -1.84. The molecule has 1 saturated heterocycles. The van der Waals surface area contributed by atoms with Crippen molar-refractivity contribution in [1.29, 1.82) is 0 Å². The van der Waals surface area contributed by atoms with Crippen molar-refractivity contribution in [2.75, 3.05) is 36.5 Å². The molecule has 1 heterocycles. The molecule has 2 aromatic carbocycles. The first-order valence-electron chi connectivity index (χ1n) is 8.72. The van der Waals surface area contributed by atoms with Crippen LogP contribution in [-0.4, -0.2) is 32.2 Å². The molecule has 0 bridgehead atoms. The van der Waals surface area contributed by atoms with E-state index in [1.54, 1.807) is 12.1 Å². The number of carbonyl (C=O) groups is 1. The lowest BCUT2D eigenvalue weighted by atomic mass is 10.1. The second-order valence-electron chi connectivity index (χ2n) is 6.32. The number of alkyl halides is 3. The third kappa shape index (κ3) is 5.65. The Morgan fingerprint density at radius 1 is 1.10 bits per heavy atom. The molecular formula is C20H17Cl2F3N2O2. The molecule has 0 atom stereocenters. The van der Waals surface area contributed by atoms with Crippen LogP contribution in [0.2, 0.25) is 10.0 Å². The number of benzene rings is 2. The molecule has 9 heteroatoms. The predicted octanol–water partition coefficient (Wildman–Crippen LogP) is 5.50. The standard InChI is InChI=1S/C20H17Cl2F3N2O2/c21-15-4-1-13(16(22)12-15)2-6-19(28)26-17-11-14(20(23,24)25)3-5-18(17)27-7-9-29-10-8-27/h1-6,11-12H,7-10H2,(H,26,28). The number of carbonyl (C=O) groups excluding carboxylic acids is 1. The summed E-state index contributed by atoms with van der Waals surface area (Å²) in [5, 5.41) is 3.35. The summed E-state index contributed by atoms with van der Waals surface area (Å²) in [7, 11) is 0. The molecule has 1 aliphatic heterocycles. The minimum Gasteiger partial charge on any atom is -0.378 e. The van der Waals surface area contributed by atoms with Crippen molar-refractivity contribution in [2.45, 2.75) is 6.18 Å². The maximum Gasteiger partial charge on any atom is 0.416 e. The highest BCUT2D eigenvalue weighted by atomic mass is 35.5. The summed E-state index contributed by atoms with van der Waals surface area (Å²) in [6.45, 7) is 1.96. The third-order valence-electron chi connectivity index (χ3n) is 4.31. The van der Waals surface area contributed by atoms with Crippen LogP contribution >= 0.6 is 23.2 Å². The topological polar surface area (TPSA) is 41.6 Å². The Labute approximate surface area is 175 Å². The second kappa shape index (κ2) is 9.07. The van der Waals surface area contributed by atoms with Gasteiger partial charge in [-0.15, -0.1) is 0 Å². The van der Waals surface area contributed by atoms with E-state index in [1.165, 1.54) is 24.3 Å². The van der Waals surface area contributed by atoms with E-state index in [2.05, 4.69) is 5.32 Å². The molecule has 29 heavy (non-hydrogen) atoms. The lowest BCUT2D eigenvalue weighted by Crippen LogP contribution is -2.36. The van der Waals surface area contributed by atoms with Crippen molar-refractivity contribution in [3.63, 3.8) is 0 Å². The Bertz CT molecular complexity index is 926. The molecule has 0 unspecified atom stereocenters. The zero-order valence-electron chi connectivity index (χ0n) is 15.1. The number of nitrogens with zero attached hydrogens (tertiary/aromatic N) is 1. The quantitative estimate of drug-likeness (QED) is 0.632. The van der Waals surface area contributed by atoms with Crippen LogP contribution in [0.1, 0.15) is 11.1 Å². The van der Waals surface area contributed by atoms with Crippen LogP contribution in [0.25, 0.3) is 6.08 Å². The van der Waals surface area contributed by atoms with E-state index in [0.29, 0.717) is 47.6 Å². The van der Waals surface area contributed by atoms with E-state index in [1.807, 2.05) is 4.90 Å². The highest BCUT2D eigenvalue weighted by Gasteiger charge is 2.31. The normalized spacial score (nSPS) is 15.0. The van der Waals surface area contributed by atoms with Crippen LogP contribution < -0.4 is 10.2 Å². The molecule has 1 fully saturated rings. The average molecular weight is 445 g/mol. The maximum absolute atomic E-state index is 13.1. The first-order chi connectivity index (χ1) is 13.7. The molecule has 0 spiro atoms. The molecule has 0 aliphatic carbocycles. The zero-order chi connectivity index (χ0) is 21.0. The van der Waals surface area contributed by atoms with Gasteiger partial charge in [0.2, 0.25) is 5.91 Å². The van der Waals surface area contributed by atoms with E-state index in [0.717, 1.165) is 12.1 Å². The minimum atomic E-state index is -4.52. The largest absolute Gasteiger partial charge is 0.416 e. The molecule has 4 nitrogen and oxygen atoms in total. The van der Waals surface area contributed by atoms with Crippen molar-refractivity contribution < 1.29 is 22.7 Å². The summed E-state index contributed by atoms with van der Waals surface area (Å²) < 4.78 is 44.7. The van der Waals surface area contributed by atoms with Gasteiger partial charge in [0.05, 0.1) is 30.2 Å². The van der Waals surface area contributed by atoms with Gasteiger partial charge >= 0.3 is 6.18 Å². The lowest BCUT2D eigenvalue weighted by molar-refractivity contribution is -0.137. The number of ether oxygens (including phenoxy) is 1. The van der Waals surface area contributed by atoms with Crippen LogP contribution in [0.15, 0.2) is 42.5 Å². The van der Waals surface area contributed by atoms with Crippen LogP contribution in [0.5, 0.6) is 0 Å². The van der Waals surface area contributed by atoms with Gasteiger partial charge in [-0.1, -0.05) is 29.3 Å². The number of hydrogen-bond donors (Lipinski definition) is 1. The molecule has 154 valence electrons. The number of amides is 1.